The fourth-order valence-corrected chi connectivity index (χ4v) is 3.88. The average Bonchev–Trinajstić information content (AvgIpc) is 2.75. The molecule has 0 saturated heterocycles. The lowest BCUT2D eigenvalue weighted by atomic mass is 10.0. The zero-order valence-electron chi connectivity index (χ0n) is 16.3. The minimum atomic E-state index is 0.289. The first kappa shape index (κ1) is 19.0. The van der Waals surface area contributed by atoms with E-state index < -0.39 is 0 Å². The Balaban J connectivity index is 1.94. The molecule has 1 fully saturated rings. The van der Waals surface area contributed by atoms with E-state index in [9.17, 15) is 4.79 Å². The van der Waals surface area contributed by atoms with Gasteiger partial charge in [0.25, 0.3) is 0 Å². The summed E-state index contributed by atoms with van der Waals surface area (Å²) in [4.78, 5) is 14.7. The Morgan fingerprint density at radius 1 is 1.21 bits per heavy atom. The lowest BCUT2D eigenvalue weighted by Crippen LogP contribution is -2.36. The molecule has 1 amide bonds. The summed E-state index contributed by atoms with van der Waals surface area (Å²) in [7, 11) is 2.00. The van der Waals surface area contributed by atoms with Gasteiger partial charge in [0.15, 0.2) is 0 Å². The van der Waals surface area contributed by atoms with Crippen LogP contribution in [0.2, 0.25) is 0 Å². The second-order valence-corrected chi connectivity index (χ2v) is 7.88. The average molecular weight is 334 g/mol. The molecule has 24 heavy (non-hydrogen) atoms. The SMILES string of the molecule is Cc1nn(CC(C)C)c(C)c1CCC(=O)N(C)C1CCCCCC1. The molecule has 0 radical (unpaired) electrons. The van der Waals surface area contributed by atoms with Gasteiger partial charge in [-0.25, -0.2) is 0 Å². The normalized spacial score (nSPS) is 16.4. The maximum atomic E-state index is 12.6. The van der Waals surface area contributed by atoms with Crippen molar-refractivity contribution in [1.82, 2.24) is 14.7 Å². The smallest absolute Gasteiger partial charge is 0.222 e. The number of aryl methyl sites for hydroxylation is 1. The van der Waals surface area contributed by atoms with Crippen LogP contribution in [0.1, 0.15) is 75.7 Å². The summed E-state index contributed by atoms with van der Waals surface area (Å²) < 4.78 is 2.11. The molecule has 1 aliphatic rings. The van der Waals surface area contributed by atoms with Gasteiger partial charge in [0.05, 0.1) is 5.69 Å². The number of carbonyl (C=O) groups excluding carboxylic acids is 1. The molecule has 1 aliphatic carbocycles. The van der Waals surface area contributed by atoms with Crippen LogP contribution in [0, 0.1) is 19.8 Å². The molecule has 4 nitrogen and oxygen atoms in total. The van der Waals surface area contributed by atoms with Crippen LogP contribution in [0.3, 0.4) is 0 Å². The van der Waals surface area contributed by atoms with Gasteiger partial charge in [-0.1, -0.05) is 39.5 Å². The van der Waals surface area contributed by atoms with Gasteiger partial charge in [-0.2, -0.15) is 5.10 Å². The third kappa shape index (κ3) is 4.84. The molecule has 1 aromatic rings. The zero-order valence-corrected chi connectivity index (χ0v) is 16.3. The van der Waals surface area contributed by atoms with Crippen LogP contribution in [0.25, 0.3) is 0 Å². The first-order valence-corrected chi connectivity index (χ1v) is 9.68. The van der Waals surface area contributed by atoms with E-state index in [0.29, 0.717) is 18.4 Å². The lowest BCUT2D eigenvalue weighted by Gasteiger charge is -2.27. The zero-order chi connectivity index (χ0) is 17.7. The number of aromatic nitrogens is 2. The molecular weight excluding hydrogens is 298 g/mol. The van der Waals surface area contributed by atoms with Crippen molar-refractivity contribution in [3.8, 4) is 0 Å². The summed E-state index contributed by atoms with van der Waals surface area (Å²) in [5.41, 5.74) is 3.57. The van der Waals surface area contributed by atoms with E-state index >= 15 is 0 Å². The van der Waals surface area contributed by atoms with Crippen molar-refractivity contribution in [2.75, 3.05) is 7.05 Å². The number of amides is 1. The highest BCUT2D eigenvalue weighted by Crippen LogP contribution is 2.22. The topological polar surface area (TPSA) is 38.1 Å². The standard InChI is InChI=1S/C20H35N3O/c1-15(2)14-23-17(4)19(16(3)21-23)12-13-20(24)22(5)18-10-8-6-7-9-11-18/h15,18H,6-14H2,1-5H3. The van der Waals surface area contributed by atoms with Crippen molar-refractivity contribution < 1.29 is 4.79 Å². The molecule has 1 saturated carbocycles. The van der Waals surface area contributed by atoms with E-state index in [0.717, 1.165) is 18.7 Å². The first-order valence-electron chi connectivity index (χ1n) is 9.68. The number of carbonyl (C=O) groups is 1. The van der Waals surface area contributed by atoms with Crippen LogP contribution in [-0.4, -0.2) is 33.7 Å². The molecule has 0 aliphatic heterocycles. The van der Waals surface area contributed by atoms with Crippen LogP contribution in [0.5, 0.6) is 0 Å². The summed E-state index contributed by atoms with van der Waals surface area (Å²) >= 11 is 0. The third-order valence-electron chi connectivity index (χ3n) is 5.42. The van der Waals surface area contributed by atoms with Gasteiger partial charge in [0.2, 0.25) is 5.91 Å². The number of nitrogens with zero attached hydrogens (tertiary/aromatic N) is 3. The van der Waals surface area contributed by atoms with Crippen molar-refractivity contribution in [2.24, 2.45) is 5.92 Å². The molecule has 0 spiro atoms. The highest BCUT2D eigenvalue weighted by atomic mass is 16.2. The largest absolute Gasteiger partial charge is 0.343 e. The van der Waals surface area contributed by atoms with E-state index in [2.05, 4.69) is 37.5 Å². The lowest BCUT2D eigenvalue weighted by molar-refractivity contribution is -0.132. The van der Waals surface area contributed by atoms with Gasteiger partial charge in [0.1, 0.15) is 0 Å². The van der Waals surface area contributed by atoms with Crippen LogP contribution >= 0.6 is 0 Å². The highest BCUT2D eigenvalue weighted by molar-refractivity contribution is 5.76. The molecule has 136 valence electrons. The first-order chi connectivity index (χ1) is 11.4. The Labute approximate surface area is 147 Å². The van der Waals surface area contributed by atoms with E-state index in [4.69, 9.17) is 0 Å². The van der Waals surface area contributed by atoms with Crippen molar-refractivity contribution in [2.45, 2.75) is 91.6 Å². The third-order valence-corrected chi connectivity index (χ3v) is 5.42. The van der Waals surface area contributed by atoms with Gasteiger partial charge >= 0.3 is 0 Å². The van der Waals surface area contributed by atoms with Gasteiger partial charge in [-0.3, -0.25) is 9.48 Å². The molecule has 0 unspecified atom stereocenters. The molecule has 1 heterocycles. The number of hydrogen-bond donors (Lipinski definition) is 0. The van der Waals surface area contributed by atoms with Crippen molar-refractivity contribution in [3.05, 3.63) is 17.0 Å². The Hall–Kier alpha value is -1.32. The van der Waals surface area contributed by atoms with Gasteiger partial charge in [0, 0.05) is 31.7 Å². The molecule has 0 bridgehead atoms. The Morgan fingerprint density at radius 3 is 2.42 bits per heavy atom. The fraction of sp³-hybridized carbons (Fsp3) is 0.800. The molecule has 4 heteroatoms. The minimum Gasteiger partial charge on any atom is -0.343 e. The Kier molecular flexibility index (Phi) is 6.88. The van der Waals surface area contributed by atoms with E-state index in [1.807, 2.05) is 11.9 Å². The Morgan fingerprint density at radius 2 is 1.83 bits per heavy atom. The van der Waals surface area contributed by atoms with Crippen LogP contribution in [0.4, 0.5) is 0 Å². The van der Waals surface area contributed by atoms with Crippen LogP contribution in [0.15, 0.2) is 0 Å². The van der Waals surface area contributed by atoms with E-state index in [1.54, 1.807) is 0 Å². The summed E-state index contributed by atoms with van der Waals surface area (Å²) in [5, 5.41) is 4.67. The number of hydrogen-bond acceptors (Lipinski definition) is 2. The second kappa shape index (κ2) is 8.68. The number of rotatable bonds is 6. The van der Waals surface area contributed by atoms with Crippen molar-refractivity contribution in [3.63, 3.8) is 0 Å². The molecule has 1 aromatic heterocycles. The van der Waals surface area contributed by atoms with Gasteiger partial charge in [-0.15, -0.1) is 0 Å². The predicted molar refractivity (Wildman–Crippen MR) is 99.1 cm³/mol. The van der Waals surface area contributed by atoms with Crippen LogP contribution < -0.4 is 0 Å². The fourth-order valence-electron chi connectivity index (χ4n) is 3.88. The van der Waals surface area contributed by atoms with Crippen molar-refractivity contribution in [1.29, 1.82) is 0 Å². The summed E-state index contributed by atoms with van der Waals surface area (Å²) in [6, 6.07) is 0.450. The van der Waals surface area contributed by atoms with E-state index in [1.165, 1.54) is 49.8 Å². The van der Waals surface area contributed by atoms with Gasteiger partial charge < -0.3 is 4.90 Å². The molecule has 0 N–H and O–H groups in total. The molecule has 0 aromatic carbocycles. The maximum Gasteiger partial charge on any atom is 0.222 e. The molecule has 2 rings (SSSR count). The van der Waals surface area contributed by atoms with Crippen LogP contribution in [-0.2, 0) is 17.8 Å². The summed E-state index contributed by atoms with van der Waals surface area (Å²) in [5.74, 6) is 0.871. The Bertz CT molecular complexity index is 539. The van der Waals surface area contributed by atoms with Crippen molar-refractivity contribution >= 4 is 5.91 Å². The van der Waals surface area contributed by atoms with Gasteiger partial charge in [-0.05, 0) is 44.6 Å². The quantitative estimate of drug-likeness (QED) is 0.729. The molecule has 0 atom stereocenters. The molecular formula is C20H35N3O. The summed E-state index contributed by atoms with van der Waals surface area (Å²) in [6.45, 7) is 9.57. The second-order valence-electron chi connectivity index (χ2n) is 7.88. The van der Waals surface area contributed by atoms with E-state index in [-0.39, 0.29) is 5.91 Å². The monoisotopic (exact) mass is 333 g/mol. The highest BCUT2D eigenvalue weighted by Gasteiger charge is 2.22. The predicted octanol–water partition coefficient (Wildman–Crippen LogP) is 4.27. The summed E-state index contributed by atoms with van der Waals surface area (Å²) in [6.07, 6.45) is 8.94. The minimum absolute atomic E-state index is 0.289. The maximum absolute atomic E-state index is 12.6.